The van der Waals surface area contributed by atoms with E-state index in [2.05, 4.69) is 21.0 Å². The number of nitro benzene ring substituents is 1. The molecule has 0 aliphatic carbocycles. The van der Waals surface area contributed by atoms with Gasteiger partial charge in [0.1, 0.15) is 0 Å². The third kappa shape index (κ3) is 2.05. The third-order valence-corrected chi connectivity index (χ3v) is 2.16. The number of hydrogen-bond acceptors (Lipinski definition) is 4. The third-order valence-electron chi connectivity index (χ3n) is 1.48. The fourth-order valence-electron chi connectivity index (χ4n) is 0.871. The van der Waals surface area contributed by atoms with Crippen LogP contribution in [0.25, 0.3) is 0 Å². The predicted molar refractivity (Wildman–Crippen MR) is 52.5 cm³/mol. The van der Waals surface area contributed by atoms with Crippen molar-refractivity contribution >= 4 is 27.8 Å². The Labute approximate surface area is 86.7 Å². The first-order valence-corrected chi connectivity index (χ1v) is 4.22. The van der Waals surface area contributed by atoms with E-state index in [1.807, 2.05) is 0 Å². The number of nitrogens with two attached hydrogens (primary N) is 1. The Hall–Kier alpha value is -1.50. The van der Waals surface area contributed by atoms with Gasteiger partial charge in [0, 0.05) is 16.1 Å². The molecule has 2 N–H and O–H groups in total. The largest absolute Gasteiger partial charge is 0.323 e. The van der Waals surface area contributed by atoms with E-state index < -0.39 is 16.4 Å². The average molecular weight is 262 g/mol. The summed E-state index contributed by atoms with van der Waals surface area (Å²) in [5.41, 5.74) is -0.248. The van der Waals surface area contributed by atoms with Crippen LogP contribution in [-0.2, 0) is 0 Å². The fraction of sp³-hybridized carbons (Fsp3) is 0. The van der Waals surface area contributed by atoms with E-state index in [1.54, 1.807) is 0 Å². The maximum atomic E-state index is 13.0. The molecule has 14 heavy (non-hydrogen) atoms. The summed E-state index contributed by atoms with van der Waals surface area (Å²) in [4.78, 5) is 9.53. The summed E-state index contributed by atoms with van der Waals surface area (Å²) in [6, 6.07) is 2.05. The van der Waals surface area contributed by atoms with Crippen LogP contribution in [0.15, 0.2) is 21.7 Å². The molecule has 74 valence electrons. The number of rotatable bonds is 2. The Morgan fingerprint density at radius 2 is 2.29 bits per heavy atom. The minimum Gasteiger partial charge on any atom is -0.323 e. The number of benzene rings is 1. The molecule has 5 nitrogen and oxygen atoms in total. The lowest BCUT2D eigenvalue weighted by molar-refractivity contribution is -0.387. The van der Waals surface area contributed by atoms with Crippen molar-refractivity contribution < 1.29 is 9.31 Å². The quantitative estimate of drug-likeness (QED) is 0.381. The van der Waals surface area contributed by atoms with Crippen molar-refractivity contribution in [1.29, 1.82) is 0 Å². The van der Waals surface area contributed by atoms with Crippen molar-refractivity contribution in [1.82, 2.24) is 0 Å². The zero-order chi connectivity index (χ0) is 10.7. The van der Waals surface area contributed by atoms with Crippen LogP contribution in [0.4, 0.5) is 10.1 Å². The first-order valence-electron chi connectivity index (χ1n) is 3.43. The van der Waals surface area contributed by atoms with Gasteiger partial charge >= 0.3 is 5.69 Å². The van der Waals surface area contributed by atoms with Gasteiger partial charge in [0.25, 0.3) is 0 Å². The van der Waals surface area contributed by atoms with Crippen LogP contribution in [0.1, 0.15) is 5.56 Å². The number of hydrazone groups is 1. The summed E-state index contributed by atoms with van der Waals surface area (Å²) < 4.78 is 13.4. The lowest BCUT2D eigenvalue weighted by Gasteiger charge is -1.98. The van der Waals surface area contributed by atoms with Crippen molar-refractivity contribution in [3.8, 4) is 0 Å². The van der Waals surface area contributed by atoms with Crippen molar-refractivity contribution in [3.05, 3.63) is 38.1 Å². The van der Waals surface area contributed by atoms with Crippen LogP contribution >= 0.6 is 15.9 Å². The predicted octanol–water partition coefficient (Wildman–Crippen LogP) is 1.79. The number of halogens is 2. The van der Waals surface area contributed by atoms with Gasteiger partial charge in [-0.05, 0) is 22.0 Å². The summed E-state index contributed by atoms with van der Waals surface area (Å²) in [5, 5.41) is 13.5. The molecule has 0 spiro atoms. The lowest BCUT2D eigenvalue weighted by Crippen LogP contribution is -1.96. The molecule has 7 heteroatoms. The second-order valence-electron chi connectivity index (χ2n) is 2.36. The van der Waals surface area contributed by atoms with E-state index in [-0.39, 0.29) is 0 Å². The van der Waals surface area contributed by atoms with E-state index in [0.29, 0.717) is 10.0 Å². The molecule has 0 aliphatic rings. The lowest BCUT2D eigenvalue weighted by atomic mass is 10.2. The Kier molecular flexibility index (Phi) is 3.13. The molecule has 0 heterocycles. The van der Waals surface area contributed by atoms with Gasteiger partial charge in [-0.25, -0.2) is 0 Å². The first-order chi connectivity index (χ1) is 6.56. The Morgan fingerprint density at radius 3 is 2.79 bits per heavy atom. The van der Waals surface area contributed by atoms with Crippen LogP contribution in [0.2, 0.25) is 0 Å². The van der Waals surface area contributed by atoms with Crippen LogP contribution in [0.5, 0.6) is 0 Å². The van der Waals surface area contributed by atoms with Gasteiger partial charge in [-0.1, -0.05) is 0 Å². The monoisotopic (exact) mass is 261 g/mol. The van der Waals surface area contributed by atoms with Crippen LogP contribution < -0.4 is 5.84 Å². The van der Waals surface area contributed by atoms with E-state index in [1.165, 1.54) is 6.21 Å². The zero-order valence-corrected chi connectivity index (χ0v) is 8.36. The molecular weight excluding hydrogens is 257 g/mol. The summed E-state index contributed by atoms with van der Waals surface area (Å²) >= 11 is 3.03. The number of nitrogens with zero attached hydrogens (tertiary/aromatic N) is 2. The number of hydrogen-bond donors (Lipinski definition) is 1. The Balaban J connectivity index is 3.30. The summed E-state index contributed by atoms with van der Waals surface area (Å²) in [6.45, 7) is 0. The summed E-state index contributed by atoms with van der Waals surface area (Å²) in [7, 11) is 0. The smallest absolute Gasteiger partial charge is 0.305 e. The minimum atomic E-state index is -0.923. The van der Waals surface area contributed by atoms with Crippen molar-refractivity contribution in [2.24, 2.45) is 10.9 Å². The Morgan fingerprint density at radius 1 is 1.64 bits per heavy atom. The van der Waals surface area contributed by atoms with Crippen LogP contribution in [-0.4, -0.2) is 11.1 Å². The molecule has 0 saturated heterocycles. The molecule has 1 rings (SSSR count). The van der Waals surface area contributed by atoms with E-state index in [0.717, 1.165) is 12.1 Å². The molecule has 1 aromatic rings. The molecule has 0 saturated carbocycles. The van der Waals surface area contributed by atoms with Gasteiger partial charge in [-0.2, -0.15) is 9.49 Å². The molecule has 0 unspecified atom stereocenters. The summed E-state index contributed by atoms with van der Waals surface area (Å²) in [5.74, 6) is 3.95. The highest BCUT2D eigenvalue weighted by Crippen LogP contribution is 2.25. The Bertz CT molecular complexity index is 408. The molecule has 0 aliphatic heterocycles. The highest BCUT2D eigenvalue weighted by molar-refractivity contribution is 9.10. The van der Waals surface area contributed by atoms with Gasteiger partial charge in [0.15, 0.2) is 0 Å². The standard InChI is InChI=1S/C7H5BrFN3O2/c8-5-2-7(12(13)14)6(9)1-4(5)3-11-10/h1-3H,10H2. The van der Waals surface area contributed by atoms with Crippen molar-refractivity contribution in [2.45, 2.75) is 0 Å². The van der Waals surface area contributed by atoms with Gasteiger partial charge in [0.2, 0.25) is 5.82 Å². The second kappa shape index (κ2) is 4.14. The molecule has 0 amide bonds. The minimum absolute atomic E-state index is 0.343. The molecule has 0 atom stereocenters. The topological polar surface area (TPSA) is 81.5 Å². The van der Waals surface area contributed by atoms with Gasteiger partial charge in [0.05, 0.1) is 11.1 Å². The van der Waals surface area contributed by atoms with Gasteiger partial charge < -0.3 is 5.84 Å². The number of nitro groups is 1. The highest BCUT2D eigenvalue weighted by atomic mass is 79.9. The van der Waals surface area contributed by atoms with Gasteiger partial charge in [-0.3, -0.25) is 10.1 Å². The van der Waals surface area contributed by atoms with Crippen LogP contribution in [0.3, 0.4) is 0 Å². The van der Waals surface area contributed by atoms with Gasteiger partial charge in [-0.15, -0.1) is 0 Å². The first kappa shape index (κ1) is 10.6. The SMILES string of the molecule is NN=Cc1cc(F)c([N+](=O)[O-])cc1Br. The summed E-state index contributed by atoms with van der Waals surface area (Å²) in [6.07, 6.45) is 1.19. The second-order valence-corrected chi connectivity index (χ2v) is 3.21. The average Bonchev–Trinajstić information content (AvgIpc) is 2.10. The fourth-order valence-corrected chi connectivity index (χ4v) is 1.30. The molecule has 0 bridgehead atoms. The van der Waals surface area contributed by atoms with Crippen molar-refractivity contribution in [3.63, 3.8) is 0 Å². The maximum absolute atomic E-state index is 13.0. The molecule has 0 fully saturated rings. The molecule has 0 aromatic heterocycles. The molecule has 0 radical (unpaired) electrons. The zero-order valence-electron chi connectivity index (χ0n) is 6.78. The molecule has 1 aromatic carbocycles. The van der Waals surface area contributed by atoms with E-state index in [4.69, 9.17) is 5.84 Å². The highest BCUT2D eigenvalue weighted by Gasteiger charge is 2.16. The molecular formula is C7H5BrFN3O2. The van der Waals surface area contributed by atoms with E-state index in [9.17, 15) is 14.5 Å². The van der Waals surface area contributed by atoms with Crippen molar-refractivity contribution in [2.75, 3.05) is 0 Å². The normalized spacial score (nSPS) is 10.7. The maximum Gasteiger partial charge on any atom is 0.305 e. The van der Waals surface area contributed by atoms with Crippen LogP contribution in [0, 0.1) is 15.9 Å². The van der Waals surface area contributed by atoms with E-state index >= 15 is 0 Å².